The van der Waals surface area contributed by atoms with Gasteiger partial charge in [0, 0.05) is 12.6 Å². The van der Waals surface area contributed by atoms with Crippen LogP contribution in [-0.2, 0) is 14.3 Å². The van der Waals surface area contributed by atoms with E-state index in [9.17, 15) is 14.4 Å². The molecule has 0 fully saturated rings. The highest BCUT2D eigenvalue weighted by Crippen LogP contribution is 2.29. The van der Waals surface area contributed by atoms with E-state index in [1.54, 1.807) is 25.7 Å². The molecule has 3 amide bonds. The molecule has 1 aromatic carbocycles. The minimum Gasteiger partial charge on any atom is -0.444 e. The summed E-state index contributed by atoms with van der Waals surface area (Å²) in [5.74, 6) is -0.578. The number of hydrogen-bond acceptors (Lipinski definition) is 4. The first-order valence-corrected chi connectivity index (χ1v) is 15.9. The van der Waals surface area contributed by atoms with Crippen molar-refractivity contribution in [2.24, 2.45) is 5.92 Å². The molecule has 0 aliphatic rings. The first-order valence-electron chi connectivity index (χ1n) is 15.9. The minimum atomic E-state index is -0.816. The molecule has 41 heavy (non-hydrogen) atoms. The second kappa shape index (κ2) is 18.1. The Balaban J connectivity index is 3.58. The Bertz CT molecular complexity index is 956. The number of ether oxygens (including phenoxy) is 1. The molecule has 0 heterocycles. The summed E-state index contributed by atoms with van der Waals surface area (Å²) in [4.78, 5) is 43.2. The number of nitrogens with zero attached hydrogens (tertiary/aromatic N) is 1. The summed E-state index contributed by atoms with van der Waals surface area (Å²) >= 11 is 0. The van der Waals surface area contributed by atoms with Gasteiger partial charge >= 0.3 is 6.09 Å². The van der Waals surface area contributed by atoms with E-state index in [1.807, 2.05) is 52.8 Å². The van der Waals surface area contributed by atoms with Gasteiger partial charge < -0.3 is 20.3 Å². The first kappa shape index (κ1) is 36.5. The number of unbranched alkanes of at least 4 members (excludes halogenated alkanes) is 5. The van der Waals surface area contributed by atoms with E-state index in [2.05, 4.69) is 24.5 Å². The maximum absolute atomic E-state index is 14.5. The standard InChI is InChI=1S/C34H59N3O4/c1-11-14-15-16-17-18-22-37(32(39)29(25(5)13-3)36-33(40)41-34(8,9)10)30(31(38)35-27(7)19-12-2)28-23-24(4)20-21-26(28)6/h20-21,23,25,27,29-30H,11-19,22H2,1-10H3,(H,35,38)(H,36,40). The highest BCUT2D eigenvalue weighted by molar-refractivity contribution is 5.92. The van der Waals surface area contributed by atoms with Crippen LogP contribution in [0.4, 0.5) is 4.79 Å². The van der Waals surface area contributed by atoms with Crippen molar-refractivity contribution in [3.8, 4) is 0 Å². The summed E-state index contributed by atoms with van der Waals surface area (Å²) in [5.41, 5.74) is 2.12. The lowest BCUT2D eigenvalue weighted by molar-refractivity contribution is -0.143. The lowest BCUT2D eigenvalue weighted by Gasteiger charge is -2.37. The van der Waals surface area contributed by atoms with Crippen LogP contribution in [0, 0.1) is 19.8 Å². The van der Waals surface area contributed by atoms with Gasteiger partial charge in [0.15, 0.2) is 0 Å². The number of carbonyl (C=O) groups is 3. The molecule has 1 rings (SSSR count). The van der Waals surface area contributed by atoms with Crippen LogP contribution in [0.2, 0.25) is 0 Å². The third kappa shape index (κ3) is 12.9. The second-order valence-corrected chi connectivity index (χ2v) is 12.8. The second-order valence-electron chi connectivity index (χ2n) is 12.8. The maximum atomic E-state index is 14.5. The number of nitrogens with one attached hydrogen (secondary N) is 2. The van der Waals surface area contributed by atoms with Crippen molar-refractivity contribution in [1.29, 1.82) is 0 Å². The Labute approximate surface area is 250 Å². The number of benzene rings is 1. The molecule has 0 aliphatic heterocycles. The van der Waals surface area contributed by atoms with Gasteiger partial charge in [0.25, 0.3) is 0 Å². The van der Waals surface area contributed by atoms with E-state index in [0.29, 0.717) is 13.0 Å². The lowest BCUT2D eigenvalue weighted by atomic mass is 9.93. The zero-order chi connectivity index (χ0) is 31.2. The zero-order valence-corrected chi connectivity index (χ0v) is 27.7. The number of aryl methyl sites for hydroxylation is 2. The summed E-state index contributed by atoms with van der Waals surface area (Å²) in [7, 11) is 0. The zero-order valence-electron chi connectivity index (χ0n) is 27.7. The van der Waals surface area contributed by atoms with Crippen molar-refractivity contribution in [2.75, 3.05) is 6.54 Å². The molecule has 4 atom stereocenters. The van der Waals surface area contributed by atoms with Crippen molar-refractivity contribution in [3.05, 3.63) is 34.9 Å². The molecule has 1 aromatic rings. The third-order valence-corrected chi connectivity index (χ3v) is 7.59. The number of alkyl carbamates (subject to hydrolysis) is 1. The van der Waals surface area contributed by atoms with E-state index in [1.165, 1.54) is 12.8 Å². The Hall–Kier alpha value is -2.57. The number of carbonyl (C=O) groups excluding carboxylic acids is 3. The Morgan fingerprint density at radius 3 is 2.12 bits per heavy atom. The predicted molar refractivity (Wildman–Crippen MR) is 169 cm³/mol. The molecular weight excluding hydrogens is 514 g/mol. The maximum Gasteiger partial charge on any atom is 0.408 e. The van der Waals surface area contributed by atoms with Crippen molar-refractivity contribution in [1.82, 2.24) is 15.5 Å². The molecule has 0 spiro atoms. The van der Waals surface area contributed by atoms with Crippen LogP contribution in [-0.4, -0.2) is 47.0 Å². The van der Waals surface area contributed by atoms with Crippen molar-refractivity contribution in [2.45, 2.75) is 151 Å². The van der Waals surface area contributed by atoms with Gasteiger partial charge in [0.1, 0.15) is 17.7 Å². The minimum absolute atomic E-state index is 0.0173. The average molecular weight is 574 g/mol. The van der Waals surface area contributed by atoms with Crippen molar-refractivity contribution >= 4 is 17.9 Å². The van der Waals surface area contributed by atoms with E-state index in [0.717, 1.165) is 55.2 Å². The predicted octanol–water partition coefficient (Wildman–Crippen LogP) is 7.78. The average Bonchev–Trinajstić information content (AvgIpc) is 2.88. The number of amides is 3. The third-order valence-electron chi connectivity index (χ3n) is 7.59. The summed E-state index contributed by atoms with van der Waals surface area (Å²) < 4.78 is 5.54. The van der Waals surface area contributed by atoms with Gasteiger partial charge in [-0.1, -0.05) is 96.4 Å². The van der Waals surface area contributed by atoms with Crippen LogP contribution < -0.4 is 10.6 Å². The summed E-state index contributed by atoms with van der Waals surface area (Å²) in [6.45, 7) is 20.1. The Kier molecular flexibility index (Phi) is 16.1. The summed E-state index contributed by atoms with van der Waals surface area (Å²) in [6, 6.07) is 4.42. The molecule has 2 N–H and O–H groups in total. The fourth-order valence-electron chi connectivity index (χ4n) is 5.06. The molecule has 0 saturated carbocycles. The Morgan fingerprint density at radius 2 is 1.54 bits per heavy atom. The van der Waals surface area contributed by atoms with Crippen molar-refractivity contribution in [3.63, 3.8) is 0 Å². The Morgan fingerprint density at radius 1 is 0.902 bits per heavy atom. The van der Waals surface area contributed by atoms with Gasteiger partial charge in [0.05, 0.1) is 0 Å². The van der Waals surface area contributed by atoms with Gasteiger partial charge in [0.2, 0.25) is 11.8 Å². The summed E-state index contributed by atoms with van der Waals surface area (Å²) in [5, 5.41) is 6.06. The largest absolute Gasteiger partial charge is 0.444 e. The molecular formula is C34H59N3O4. The topological polar surface area (TPSA) is 87.7 Å². The fraction of sp³-hybridized carbons (Fsp3) is 0.735. The smallest absolute Gasteiger partial charge is 0.408 e. The van der Waals surface area contributed by atoms with Gasteiger partial charge in [-0.05, 0) is 71.4 Å². The van der Waals surface area contributed by atoms with E-state index in [-0.39, 0.29) is 23.8 Å². The highest BCUT2D eigenvalue weighted by Gasteiger charge is 2.38. The van der Waals surface area contributed by atoms with Gasteiger partial charge in [-0.3, -0.25) is 9.59 Å². The fourth-order valence-corrected chi connectivity index (χ4v) is 5.06. The molecule has 4 unspecified atom stereocenters. The van der Waals surface area contributed by atoms with Gasteiger partial charge in [-0.2, -0.15) is 0 Å². The van der Waals surface area contributed by atoms with E-state index in [4.69, 9.17) is 4.74 Å². The van der Waals surface area contributed by atoms with Crippen LogP contribution in [0.5, 0.6) is 0 Å². The van der Waals surface area contributed by atoms with Crippen LogP contribution in [0.3, 0.4) is 0 Å². The van der Waals surface area contributed by atoms with Crippen LogP contribution in [0.15, 0.2) is 18.2 Å². The molecule has 0 aromatic heterocycles. The highest BCUT2D eigenvalue weighted by atomic mass is 16.6. The van der Waals surface area contributed by atoms with Gasteiger partial charge in [-0.15, -0.1) is 0 Å². The van der Waals surface area contributed by atoms with E-state index < -0.39 is 23.8 Å². The molecule has 0 bridgehead atoms. The van der Waals surface area contributed by atoms with E-state index >= 15 is 0 Å². The number of rotatable bonds is 17. The molecule has 234 valence electrons. The quantitative estimate of drug-likeness (QED) is 0.186. The molecule has 0 saturated heterocycles. The number of hydrogen-bond donors (Lipinski definition) is 2. The SMILES string of the molecule is CCCCCCCCN(C(=O)C(NC(=O)OC(C)(C)C)C(C)CC)C(C(=O)NC(C)CCC)c1cc(C)ccc1C. The first-order chi connectivity index (χ1) is 19.2. The molecule has 7 nitrogen and oxygen atoms in total. The molecule has 0 aliphatic carbocycles. The van der Waals surface area contributed by atoms with Crippen LogP contribution >= 0.6 is 0 Å². The monoisotopic (exact) mass is 573 g/mol. The van der Waals surface area contributed by atoms with Crippen LogP contribution in [0.25, 0.3) is 0 Å². The molecule has 0 radical (unpaired) electrons. The van der Waals surface area contributed by atoms with Gasteiger partial charge in [-0.25, -0.2) is 4.79 Å². The van der Waals surface area contributed by atoms with Crippen molar-refractivity contribution < 1.29 is 19.1 Å². The lowest BCUT2D eigenvalue weighted by Crippen LogP contribution is -2.56. The van der Waals surface area contributed by atoms with Crippen LogP contribution in [0.1, 0.15) is 136 Å². The summed E-state index contributed by atoms with van der Waals surface area (Å²) in [6.07, 6.45) is 8.25. The molecule has 7 heteroatoms. The normalized spacial score (nSPS) is 14.5.